The van der Waals surface area contributed by atoms with E-state index in [1.165, 1.54) is 18.5 Å². The van der Waals surface area contributed by atoms with E-state index in [0.29, 0.717) is 5.92 Å². The molecule has 0 saturated heterocycles. The molecular weight excluding hydrogens is 176 g/mol. The fourth-order valence-electron chi connectivity index (χ4n) is 1.45. The van der Waals surface area contributed by atoms with Gasteiger partial charge in [0.1, 0.15) is 0 Å². The third-order valence-electron chi connectivity index (χ3n) is 2.58. The Kier molecular flexibility index (Phi) is 2.52. The third kappa shape index (κ3) is 2.13. The van der Waals surface area contributed by atoms with Crippen molar-refractivity contribution < 1.29 is 0 Å². The van der Waals surface area contributed by atoms with Gasteiger partial charge in [-0.05, 0) is 18.9 Å². The van der Waals surface area contributed by atoms with Crippen molar-refractivity contribution in [2.24, 2.45) is 23.7 Å². The molecule has 1 fully saturated rings. The molecule has 76 valence electrons. The molecule has 1 aromatic heterocycles. The quantitative estimate of drug-likeness (QED) is 0.565. The Labute approximate surface area is 83.8 Å². The summed E-state index contributed by atoms with van der Waals surface area (Å²) in [5.74, 6) is 1.42. The lowest BCUT2D eigenvalue weighted by Crippen LogP contribution is -2.15. The highest BCUT2D eigenvalue weighted by Gasteiger charge is 2.24. The highest BCUT2D eigenvalue weighted by molar-refractivity contribution is 5.84. The molecule has 0 atom stereocenters. The van der Waals surface area contributed by atoms with Gasteiger partial charge in [-0.2, -0.15) is 5.10 Å². The number of aliphatic imine (C=N–C) groups is 1. The number of amidine groups is 1. The number of nitrogens with two attached hydrogens (primary N) is 1. The molecule has 1 saturated carbocycles. The van der Waals surface area contributed by atoms with Gasteiger partial charge in [0.05, 0.1) is 5.84 Å². The van der Waals surface area contributed by atoms with Crippen molar-refractivity contribution in [2.45, 2.75) is 19.3 Å². The summed E-state index contributed by atoms with van der Waals surface area (Å²) in [6.45, 7) is 0.780. The minimum Gasteiger partial charge on any atom is -0.387 e. The molecule has 1 heterocycles. The molecule has 0 unspecified atom stereocenters. The van der Waals surface area contributed by atoms with Crippen LogP contribution in [0.5, 0.6) is 0 Å². The summed E-state index contributed by atoms with van der Waals surface area (Å²) in [7, 11) is 1.95. The van der Waals surface area contributed by atoms with Gasteiger partial charge in [-0.3, -0.25) is 9.67 Å². The molecule has 2 rings (SSSR count). The Morgan fingerprint density at radius 1 is 1.71 bits per heavy atom. The monoisotopic (exact) mass is 192 g/mol. The van der Waals surface area contributed by atoms with Gasteiger partial charge in [0.15, 0.2) is 0 Å². The van der Waals surface area contributed by atoms with E-state index in [-0.39, 0.29) is 0 Å². The number of aryl methyl sites for hydroxylation is 1. The molecule has 0 radical (unpaired) electrons. The normalized spacial score (nSPS) is 17.4. The van der Waals surface area contributed by atoms with Crippen LogP contribution in [0.4, 0.5) is 0 Å². The van der Waals surface area contributed by atoms with Crippen molar-refractivity contribution in [3.05, 3.63) is 18.0 Å². The van der Waals surface area contributed by atoms with E-state index in [4.69, 9.17) is 5.73 Å². The average Bonchev–Trinajstić information content (AvgIpc) is 2.93. The topological polar surface area (TPSA) is 56.2 Å². The minimum absolute atomic E-state index is 0.585. The molecule has 1 aliphatic carbocycles. The van der Waals surface area contributed by atoms with E-state index in [9.17, 15) is 0 Å². The van der Waals surface area contributed by atoms with Gasteiger partial charge in [-0.25, -0.2) is 0 Å². The summed E-state index contributed by atoms with van der Waals surface area (Å²) < 4.78 is 1.88. The first-order valence-electron chi connectivity index (χ1n) is 5.04. The molecule has 1 aliphatic rings. The molecule has 4 nitrogen and oxygen atoms in total. The van der Waals surface area contributed by atoms with Crippen LogP contribution in [0, 0.1) is 5.92 Å². The smallest absolute Gasteiger partial charge is 0.0968 e. The van der Waals surface area contributed by atoms with Crippen LogP contribution in [0.25, 0.3) is 0 Å². The zero-order valence-electron chi connectivity index (χ0n) is 8.48. The number of aromatic nitrogens is 2. The van der Waals surface area contributed by atoms with Crippen molar-refractivity contribution in [3.8, 4) is 0 Å². The van der Waals surface area contributed by atoms with E-state index in [2.05, 4.69) is 10.1 Å². The van der Waals surface area contributed by atoms with Crippen LogP contribution in [0.15, 0.2) is 17.3 Å². The maximum Gasteiger partial charge on any atom is 0.0968 e. The molecule has 2 N–H and O–H groups in total. The van der Waals surface area contributed by atoms with Crippen LogP contribution in [-0.2, 0) is 13.5 Å². The SMILES string of the molecule is Cn1nccc1CCN=C(N)C1CC1. The Morgan fingerprint density at radius 2 is 2.50 bits per heavy atom. The Hall–Kier alpha value is -1.32. The van der Waals surface area contributed by atoms with E-state index in [1.807, 2.05) is 24.0 Å². The molecule has 0 aromatic carbocycles. The van der Waals surface area contributed by atoms with Crippen molar-refractivity contribution in [1.29, 1.82) is 0 Å². The summed E-state index contributed by atoms with van der Waals surface area (Å²) in [5, 5.41) is 4.10. The fourth-order valence-corrected chi connectivity index (χ4v) is 1.45. The second-order valence-corrected chi connectivity index (χ2v) is 3.78. The lowest BCUT2D eigenvalue weighted by Gasteiger charge is -2.00. The first-order valence-corrected chi connectivity index (χ1v) is 5.04. The summed E-state index contributed by atoms with van der Waals surface area (Å²) in [4.78, 5) is 4.36. The van der Waals surface area contributed by atoms with E-state index in [1.54, 1.807) is 0 Å². The fraction of sp³-hybridized carbons (Fsp3) is 0.600. The molecule has 1 aromatic rings. The minimum atomic E-state index is 0.585. The van der Waals surface area contributed by atoms with Crippen molar-refractivity contribution in [1.82, 2.24) is 9.78 Å². The van der Waals surface area contributed by atoms with Crippen molar-refractivity contribution >= 4 is 5.84 Å². The molecule has 4 heteroatoms. The van der Waals surface area contributed by atoms with Gasteiger partial charge in [-0.1, -0.05) is 0 Å². The zero-order valence-corrected chi connectivity index (χ0v) is 8.48. The first kappa shape index (κ1) is 9.24. The molecule has 0 spiro atoms. The Balaban J connectivity index is 1.82. The average molecular weight is 192 g/mol. The maximum atomic E-state index is 5.78. The molecular formula is C10H16N4. The Morgan fingerprint density at radius 3 is 3.07 bits per heavy atom. The number of hydrogen-bond acceptors (Lipinski definition) is 2. The van der Waals surface area contributed by atoms with Crippen LogP contribution < -0.4 is 5.73 Å². The van der Waals surface area contributed by atoms with Gasteiger partial charge in [0.2, 0.25) is 0 Å². The molecule has 0 bridgehead atoms. The highest BCUT2D eigenvalue weighted by Crippen LogP contribution is 2.28. The van der Waals surface area contributed by atoms with Crippen LogP contribution >= 0.6 is 0 Å². The van der Waals surface area contributed by atoms with Gasteiger partial charge in [0, 0.05) is 37.8 Å². The number of rotatable bonds is 4. The summed E-state index contributed by atoms with van der Waals surface area (Å²) in [5.41, 5.74) is 6.99. The van der Waals surface area contributed by atoms with Gasteiger partial charge in [-0.15, -0.1) is 0 Å². The summed E-state index contributed by atoms with van der Waals surface area (Å²) in [6, 6.07) is 2.02. The third-order valence-corrected chi connectivity index (χ3v) is 2.58. The van der Waals surface area contributed by atoms with Crippen LogP contribution in [-0.4, -0.2) is 22.2 Å². The van der Waals surface area contributed by atoms with Gasteiger partial charge < -0.3 is 5.73 Å². The summed E-state index contributed by atoms with van der Waals surface area (Å²) in [6.07, 6.45) is 5.18. The molecule has 14 heavy (non-hydrogen) atoms. The summed E-state index contributed by atoms with van der Waals surface area (Å²) >= 11 is 0. The lowest BCUT2D eigenvalue weighted by atomic mass is 10.3. The second kappa shape index (κ2) is 3.82. The largest absolute Gasteiger partial charge is 0.387 e. The molecule has 0 amide bonds. The van der Waals surface area contributed by atoms with E-state index in [0.717, 1.165) is 18.8 Å². The zero-order chi connectivity index (χ0) is 9.97. The van der Waals surface area contributed by atoms with Gasteiger partial charge in [0.25, 0.3) is 0 Å². The predicted molar refractivity (Wildman–Crippen MR) is 56.1 cm³/mol. The predicted octanol–water partition coefficient (Wildman–Crippen LogP) is 0.730. The standard InChI is InChI=1S/C10H16N4/c1-14-9(5-7-13-14)4-6-12-10(11)8-2-3-8/h5,7-8H,2-4,6H2,1H3,(H2,11,12). The highest BCUT2D eigenvalue weighted by atomic mass is 15.3. The van der Waals surface area contributed by atoms with Crippen LogP contribution in [0.3, 0.4) is 0 Å². The van der Waals surface area contributed by atoms with E-state index < -0.39 is 0 Å². The molecule has 0 aliphatic heterocycles. The number of hydrogen-bond donors (Lipinski definition) is 1. The first-order chi connectivity index (χ1) is 6.77. The Bertz CT molecular complexity index is 336. The van der Waals surface area contributed by atoms with E-state index >= 15 is 0 Å². The van der Waals surface area contributed by atoms with Crippen molar-refractivity contribution in [2.75, 3.05) is 6.54 Å². The maximum absolute atomic E-state index is 5.78. The van der Waals surface area contributed by atoms with Crippen LogP contribution in [0.1, 0.15) is 18.5 Å². The number of nitrogens with zero attached hydrogens (tertiary/aromatic N) is 3. The van der Waals surface area contributed by atoms with Crippen molar-refractivity contribution in [3.63, 3.8) is 0 Å². The lowest BCUT2D eigenvalue weighted by molar-refractivity contribution is 0.706. The second-order valence-electron chi connectivity index (χ2n) is 3.78. The van der Waals surface area contributed by atoms with Gasteiger partial charge >= 0.3 is 0 Å². The van der Waals surface area contributed by atoms with Crippen LogP contribution in [0.2, 0.25) is 0 Å².